The highest BCUT2D eigenvalue weighted by Crippen LogP contribution is 2.36. The van der Waals surface area contributed by atoms with Gasteiger partial charge in [0.25, 0.3) is 0 Å². The summed E-state index contributed by atoms with van der Waals surface area (Å²) in [4.78, 5) is 31.5. The molecular weight excluding hydrogens is 454 g/mol. The summed E-state index contributed by atoms with van der Waals surface area (Å²) in [5.74, 6) is 0.869. The van der Waals surface area contributed by atoms with Crippen molar-refractivity contribution < 1.29 is 19.4 Å². The Balaban J connectivity index is 1.31. The molecule has 0 unspecified atom stereocenters. The second-order valence-corrected chi connectivity index (χ2v) is 10.9. The van der Waals surface area contributed by atoms with E-state index in [0.717, 1.165) is 76.8 Å². The normalized spacial score (nSPS) is 24.1. The Kier molecular flexibility index (Phi) is 9.66. The van der Waals surface area contributed by atoms with Crippen molar-refractivity contribution in [3.8, 4) is 5.75 Å². The number of piperazine rings is 1. The van der Waals surface area contributed by atoms with Gasteiger partial charge in [0.1, 0.15) is 17.3 Å². The molecule has 0 bridgehead atoms. The van der Waals surface area contributed by atoms with Gasteiger partial charge in [-0.05, 0) is 69.5 Å². The molecule has 2 heterocycles. The Morgan fingerprint density at radius 2 is 1.75 bits per heavy atom. The average Bonchev–Trinajstić information content (AvgIpc) is 2.92. The number of para-hydroxylation sites is 1. The SMILES string of the molecule is CCCCN1C(=O)[C@@H]([C@H](O)C2CCCCC2)NC(=O)C12CCN(CCCCOc1ccccc1)CC2. The summed E-state index contributed by atoms with van der Waals surface area (Å²) in [7, 11) is 0. The van der Waals surface area contributed by atoms with Gasteiger partial charge in [0.2, 0.25) is 11.8 Å². The highest BCUT2D eigenvalue weighted by Gasteiger charge is 2.55. The van der Waals surface area contributed by atoms with Gasteiger partial charge in [0.05, 0.1) is 12.7 Å². The van der Waals surface area contributed by atoms with Gasteiger partial charge in [0.15, 0.2) is 0 Å². The molecule has 1 aromatic carbocycles. The van der Waals surface area contributed by atoms with E-state index in [1.807, 2.05) is 35.2 Å². The molecular formula is C29H45N3O4. The summed E-state index contributed by atoms with van der Waals surface area (Å²) in [6, 6.07) is 9.10. The zero-order valence-corrected chi connectivity index (χ0v) is 22.0. The summed E-state index contributed by atoms with van der Waals surface area (Å²) in [6.45, 7) is 5.99. The van der Waals surface area contributed by atoms with E-state index in [1.165, 1.54) is 6.42 Å². The lowest BCUT2D eigenvalue weighted by Gasteiger charge is -2.52. The third-order valence-corrected chi connectivity index (χ3v) is 8.53. The van der Waals surface area contributed by atoms with Crippen LogP contribution in [0.3, 0.4) is 0 Å². The largest absolute Gasteiger partial charge is 0.494 e. The number of ether oxygens (including phenoxy) is 1. The Morgan fingerprint density at radius 1 is 1.03 bits per heavy atom. The molecule has 7 heteroatoms. The lowest BCUT2D eigenvalue weighted by Crippen LogP contribution is -2.75. The number of likely N-dealkylation sites (tertiary alicyclic amines) is 1. The molecule has 0 aromatic heterocycles. The summed E-state index contributed by atoms with van der Waals surface area (Å²) in [6.07, 6.45) is 9.63. The molecule has 200 valence electrons. The molecule has 2 atom stereocenters. The Hall–Kier alpha value is -2.12. The quantitative estimate of drug-likeness (QED) is 0.453. The number of nitrogens with one attached hydrogen (secondary N) is 1. The summed E-state index contributed by atoms with van der Waals surface area (Å²) in [5, 5.41) is 14.1. The predicted octanol–water partition coefficient (Wildman–Crippen LogP) is 3.75. The molecule has 1 aliphatic carbocycles. The summed E-state index contributed by atoms with van der Waals surface area (Å²) < 4.78 is 5.80. The molecule has 2 aliphatic heterocycles. The predicted molar refractivity (Wildman–Crippen MR) is 141 cm³/mol. The number of amides is 2. The van der Waals surface area contributed by atoms with Crippen LogP contribution in [0.4, 0.5) is 0 Å². The van der Waals surface area contributed by atoms with Crippen LogP contribution in [-0.2, 0) is 9.59 Å². The maximum atomic E-state index is 13.7. The number of aliphatic hydroxyl groups excluding tert-OH is 1. The minimum atomic E-state index is -0.800. The zero-order valence-electron chi connectivity index (χ0n) is 22.0. The number of nitrogens with zero attached hydrogens (tertiary/aromatic N) is 2. The van der Waals surface area contributed by atoms with E-state index in [4.69, 9.17) is 4.74 Å². The van der Waals surface area contributed by atoms with Gasteiger partial charge in [-0.2, -0.15) is 0 Å². The number of carbonyl (C=O) groups is 2. The third-order valence-electron chi connectivity index (χ3n) is 8.53. The number of hydrogen-bond acceptors (Lipinski definition) is 5. The fraction of sp³-hybridized carbons (Fsp3) is 0.724. The Labute approximate surface area is 216 Å². The third kappa shape index (κ3) is 6.23. The average molecular weight is 500 g/mol. The molecule has 0 radical (unpaired) electrons. The van der Waals surface area contributed by atoms with E-state index in [9.17, 15) is 14.7 Å². The standard InChI is InChI=1S/C29H45N3O4/c1-2-3-19-32-27(34)25(26(33)23-12-6-4-7-13-23)30-28(35)29(32)16-20-31(21-17-29)18-10-11-22-36-24-14-8-5-9-15-24/h5,8-9,14-15,23,25-26,33H,2-4,6-7,10-13,16-22H2,1H3,(H,30,35)/t25-,26-/m1/s1. The van der Waals surface area contributed by atoms with Gasteiger partial charge in [-0.15, -0.1) is 0 Å². The van der Waals surface area contributed by atoms with Crippen molar-refractivity contribution in [1.29, 1.82) is 0 Å². The first-order chi connectivity index (χ1) is 17.5. The first-order valence-electron chi connectivity index (χ1n) is 14.3. The van der Waals surface area contributed by atoms with Gasteiger partial charge < -0.3 is 25.0 Å². The number of aliphatic hydroxyl groups is 1. The molecule has 1 saturated carbocycles. The van der Waals surface area contributed by atoms with E-state index in [-0.39, 0.29) is 17.7 Å². The van der Waals surface area contributed by atoms with Crippen LogP contribution in [0, 0.1) is 5.92 Å². The maximum absolute atomic E-state index is 13.7. The molecule has 4 rings (SSSR count). The second-order valence-electron chi connectivity index (χ2n) is 10.9. The van der Waals surface area contributed by atoms with E-state index in [2.05, 4.69) is 17.1 Å². The van der Waals surface area contributed by atoms with Gasteiger partial charge in [-0.1, -0.05) is 50.8 Å². The van der Waals surface area contributed by atoms with Crippen LogP contribution in [0.15, 0.2) is 30.3 Å². The van der Waals surface area contributed by atoms with Crippen LogP contribution < -0.4 is 10.1 Å². The monoisotopic (exact) mass is 499 g/mol. The summed E-state index contributed by atoms with van der Waals surface area (Å²) >= 11 is 0. The van der Waals surface area contributed by atoms with E-state index < -0.39 is 17.7 Å². The minimum Gasteiger partial charge on any atom is -0.494 e. The van der Waals surface area contributed by atoms with Crippen LogP contribution in [0.25, 0.3) is 0 Å². The smallest absolute Gasteiger partial charge is 0.248 e. The number of unbranched alkanes of at least 4 members (excludes halogenated alkanes) is 2. The fourth-order valence-electron chi connectivity index (χ4n) is 6.25. The number of carbonyl (C=O) groups excluding carboxylic acids is 2. The van der Waals surface area contributed by atoms with Crippen molar-refractivity contribution in [1.82, 2.24) is 15.1 Å². The first-order valence-corrected chi connectivity index (χ1v) is 14.3. The van der Waals surface area contributed by atoms with E-state index in [1.54, 1.807) is 0 Å². The Morgan fingerprint density at radius 3 is 2.44 bits per heavy atom. The molecule has 1 aromatic rings. The van der Waals surface area contributed by atoms with E-state index in [0.29, 0.717) is 26.0 Å². The maximum Gasteiger partial charge on any atom is 0.248 e. The molecule has 2 amide bonds. The van der Waals surface area contributed by atoms with Crippen molar-refractivity contribution in [2.24, 2.45) is 5.92 Å². The molecule has 1 spiro atoms. The molecule has 2 N–H and O–H groups in total. The number of rotatable bonds is 11. The molecule has 3 fully saturated rings. The molecule has 7 nitrogen and oxygen atoms in total. The van der Waals surface area contributed by atoms with Crippen LogP contribution >= 0.6 is 0 Å². The Bertz CT molecular complexity index is 834. The van der Waals surface area contributed by atoms with Crippen LogP contribution in [0.2, 0.25) is 0 Å². The lowest BCUT2D eigenvalue weighted by atomic mass is 9.78. The first kappa shape index (κ1) is 26.9. The fourth-order valence-corrected chi connectivity index (χ4v) is 6.25. The topological polar surface area (TPSA) is 82.1 Å². The molecule has 36 heavy (non-hydrogen) atoms. The highest BCUT2D eigenvalue weighted by molar-refractivity contribution is 6.00. The highest BCUT2D eigenvalue weighted by atomic mass is 16.5. The van der Waals surface area contributed by atoms with Gasteiger partial charge in [0, 0.05) is 19.6 Å². The van der Waals surface area contributed by atoms with Crippen LogP contribution in [0.1, 0.15) is 77.6 Å². The van der Waals surface area contributed by atoms with Crippen molar-refractivity contribution in [2.45, 2.75) is 95.2 Å². The zero-order chi connectivity index (χ0) is 25.4. The lowest BCUT2D eigenvalue weighted by molar-refractivity contribution is -0.165. The van der Waals surface area contributed by atoms with Crippen LogP contribution in [0.5, 0.6) is 5.75 Å². The van der Waals surface area contributed by atoms with Crippen LogP contribution in [-0.4, -0.2) is 77.2 Å². The van der Waals surface area contributed by atoms with Crippen molar-refractivity contribution >= 4 is 11.8 Å². The second kappa shape index (κ2) is 12.9. The number of hydrogen-bond donors (Lipinski definition) is 2. The van der Waals surface area contributed by atoms with Gasteiger partial charge in [-0.25, -0.2) is 0 Å². The van der Waals surface area contributed by atoms with E-state index >= 15 is 0 Å². The number of piperidine rings is 1. The van der Waals surface area contributed by atoms with Gasteiger partial charge in [-0.3, -0.25) is 9.59 Å². The van der Waals surface area contributed by atoms with Gasteiger partial charge >= 0.3 is 0 Å². The summed E-state index contributed by atoms with van der Waals surface area (Å²) in [5.41, 5.74) is -0.776. The molecule has 2 saturated heterocycles. The number of benzene rings is 1. The minimum absolute atomic E-state index is 0.0611. The van der Waals surface area contributed by atoms with Crippen molar-refractivity contribution in [3.05, 3.63) is 30.3 Å². The van der Waals surface area contributed by atoms with Crippen molar-refractivity contribution in [2.75, 3.05) is 32.8 Å². The molecule has 3 aliphatic rings. The van der Waals surface area contributed by atoms with Crippen molar-refractivity contribution in [3.63, 3.8) is 0 Å².